The van der Waals surface area contributed by atoms with E-state index in [0.29, 0.717) is 11.3 Å². The summed E-state index contributed by atoms with van der Waals surface area (Å²) >= 11 is 1.38. The summed E-state index contributed by atoms with van der Waals surface area (Å²) in [5.74, 6) is -4.32. The Balaban J connectivity index is 0.00000289. The number of fused-ring (bicyclic) bond motifs is 1. The molecule has 3 amide bonds. The van der Waals surface area contributed by atoms with Crippen LogP contribution in [0, 0.1) is 0 Å². The van der Waals surface area contributed by atoms with Crippen LogP contribution in [0.4, 0.5) is 0 Å². The van der Waals surface area contributed by atoms with Gasteiger partial charge in [0, 0.05) is 11.7 Å². The Morgan fingerprint density at radius 1 is 1.15 bits per heavy atom. The van der Waals surface area contributed by atoms with E-state index in [1.807, 2.05) is 6.07 Å². The standard InChI is InChI=1S/C21H23N3O7S.2K/c1-11-10-32-20-16(23-14(25)9-12-5-3-2-4-6-12)19(29)24(20)17(11)18(28)22-13(21(30)31)7-8-15(26)27;;/h2-6,13,16,20H,7-10H2,1H3,(H,22,28)(H,23,25)(H,26,27)(H,30,31);;/q;2*+1/p-2/t13-,16+,20+;;/m0../s1. The molecule has 2 aliphatic rings. The monoisotopic (exact) mass is 537 g/mol. The number of benzene rings is 1. The van der Waals surface area contributed by atoms with E-state index in [1.165, 1.54) is 16.7 Å². The summed E-state index contributed by atoms with van der Waals surface area (Å²) in [4.78, 5) is 61.0. The van der Waals surface area contributed by atoms with Crippen LogP contribution >= 0.6 is 11.8 Å². The van der Waals surface area contributed by atoms with Gasteiger partial charge in [-0.25, -0.2) is 0 Å². The molecule has 0 unspecified atom stereocenters. The number of thioether (sulfide) groups is 1. The number of aliphatic carboxylic acids is 2. The van der Waals surface area contributed by atoms with Gasteiger partial charge in [0.05, 0.1) is 18.4 Å². The Morgan fingerprint density at radius 3 is 2.38 bits per heavy atom. The molecule has 170 valence electrons. The first kappa shape index (κ1) is 32.0. The van der Waals surface area contributed by atoms with Crippen molar-refractivity contribution in [2.24, 2.45) is 0 Å². The van der Waals surface area contributed by atoms with Crippen LogP contribution in [0.25, 0.3) is 0 Å². The van der Waals surface area contributed by atoms with E-state index in [2.05, 4.69) is 10.6 Å². The van der Waals surface area contributed by atoms with E-state index in [1.54, 1.807) is 31.2 Å². The maximum atomic E-state index is 12.8. The van der Waals surface area contributed by atoms with Gasteiger partial charge in [0.25, 0.3) is 11.8 Å². The zero-order valence-corrected chi connectivity index (χ0v) is 26.2. The van der Waals surface area contributed by atoms with Crippen LogP contribution in [0.5, 0.6) is 0 Å². The van der Waals surface area contributed by atoms with Gasteiger partial charge in [-0.05, 0) is 30.9 Å². The van der Waals surface area contributed by atoms with Gasteiger partial charge in [-0.1, -0.05) is 30.3 Å². The smallest absolute Gasteiger partial charge is 0.550 e. The number of nitrogens with one attached hydrogen (secondary N) is 2. The largest absolute Gasteiger partial charge is 1.00 e. The number of nitrogens with zero attached hydrogens (tertiary/aromatic N) is 1. The van der Waals surface area contributed by atoms with Crippen molar-refractivity contribution in [3.63, 3.8) is 0 Å². The van der Waals surface area contributed by atoms with Gasteiger partial charge in [0.1, 0.15) is 17.1 Å². The van der Waals surface area contributed by atoms with Gasteiger partial charge in [0.15, 0.2) is 0 Å². The number of carboxylic acids is 2. The van der Waals surface area contributed by atoms with E-state index in [9.17, 15) is 34.2 Å². The molecule has 1 saturated heterocycles. The van der Waals surface area contributed by atoms with E-state index in [0.717, 1.165) is 5.56 Å². The van der Waals surface area contributed by atoms with Crippen molar-refractivity contribution in [3.05, 3.63) is 47.2 Å². The van der Waals surface area contributed by atoms with E-state index in [4.69, 9.17) is 0 Å². The minimum atomic E-state index is -1.64. The third-order valence-electron chi connectivity index (χ3n) is 5.12. The topological polar surface area (TPSA) is 159 Å². The molecule has 34 heavy (non-hydrogen) atoms. The number of hydrogen-bond donors (Lipinski definition) is 2. The molecular formula is C21H21K2N3O7S. The third-order valence-corrected chi connectivity index (χ3v) is 6.55. The van der Waals surface area contributed by atoms with Gasteiger partial charge in [0.2, 0.25) is 5.91 Å². The van der Waals surface area contributed by atoms with Crippen molar-refractivity contribution in [1.29, 1.82) is 0 Å². The van der Waals surface area contributed by atoms with Crippen LogP contribution in [0.1, 0.15) is 25.3 Å². The van der Waals surface area contributed by atoms with Gasteiger partial charge in [-0.2, -0.15) is 0 Å². The number of hydrogen-bond acceptors (Lipinski definition) is 8. The molecule has 1 aromatic rings. The molecule has 10 nitrogen and oxygen atoms in total. The first-order chi connectivity index (χ1) is 15.2. The summed E-state index contributed by atoms with van der Waals surface area (Å²) in [6.07, 6.45) is -0.878. The Labute approximate surface area is 285 Å². The van der Waals surface area contributed by atoms with Crippen molar-refractivity contribution >= 4 is 41.4 Å². The number of β-lactam (4-membered cyclic amide) rings is 1. The minimum Gasteiger partial charge on any atom is -0.550 e. The zero-order valence-electron chi connectivity index (χ0n) is 19.2. The second-order valence-corrected chi connectivity index (χ2v) is 8.61. The average Bonchev–Trinajstić information content (AvgIpc) is 2.74. The molecule has 2 heterocycles. The predicted octanol–water partition coefficient (Wildman–Crippen LogP) is -8.32. The van der Waals surface area contributed by atoms with Crippen molar-refractivity contribution in [1.82, 2.24) is 15.5 Å². The minimum absolute atomic E-state index is 0. The summed E-state index contributed by atoms with van der Waals surface area (Å²) in [6.45, 7) is 1.64. The van der Waals surface area contributed by atoms with E-state index >= 15 is 0 Å². The van der Waals surface area contributed by atoms with Crippen LogP contribution in [0.2, 0.25) is 0 Å². The van der Waals surface area contributed by atoms with Gasteiger partial charge < -0.3 is 30.4 Å². The van der Waals surface area contributed by atoms with Crippen molar-refractivity contribution in [2.75, 3.05) is 5.75 Å². The predicted molar refractivity (Wildman–Crippen MR) is 109 cm³/mol. The van der Waals surface area contributed by atoms with Crippen LogP contribution < -0.4 is 124 Å². The Kier molecular flexibility index (Phi) is 13.7. The zero-order chi connectivity index (χ0) is 23.4. The van der Waals surface area contributed by atoms with E-state index in [-0.39, 0.29) is 121 Å². The molecule has 3 atom stereocenters. The fourth-order valence-electron chi connectivity index (χ4n) is 3.54. The SMILES string of the molecule is CC1=C(C(=O)N[C@@H](CCC(=O)[O-])C(=O)[O-])N2C(=O)[C@@H](NC(=O)Cc3ccccc3)[C@H]2SC1.[K+].[K+]. The molecule has 13 heteroatoms. The van der Waals surface area contributed by atoms with Crippen LogP contribution in [-0.4, -0.2) is 57.8 Å². The molecule has 3 rings (SSSR count). The summed E-state index contributed by atoms with van der Waals surface area (Å²) in [5.41, 5.74) is 1.36. The number of carbonyl (C=O) groups excluding carboxylic acids is 5. The van der Waals surface area contributed by atoms with Gasteiger partial charge in [-0.15, -0.1) is 11.8 Å². The summed E-state index contributed by atoms with van der Waals surface area (Å²) < 4.78 is 0. The molecule has 0 aliphatic carbocycles. The van der Waals surface area contributed by atoms with Gasteiger partial charge >= 0.3 is 103 Å². The Hall–Kier alpha value is -0.0673. The average molecular weight is 538 g/mol. The Bertz CT molecular complexity index is 990. The third kappa shape index (κ3) is 7.97. The Morgan fingerprint density at radius 2 is 1.79 bits per heavy atom. The van der Waals surface area contributed by atoms with E-state index < -0.39 is 54.1 Å². The van der Waals surface area contributed by atoms with Gasteiger partial charge in [-0.3, -0.25) is 19.3 Å². The van der Waals surface area contributed by atoms with Crippen molar-refractivity contribution in [3.8, 4) is 0 Å². The van der Waals surface area contributed by atoms with Crippen LogP contribution in [0.3, 0.4) is 0 Å². The number of amides is 3. The summed E-state index contributed by atoms with van der Waals surface area (Å²) in [5, 5.41) is 26.3. The van der Waals surface area contributed by atoms with Crippen molar-refractivity contribution in [2.45, 2.75) is 43.6 Å². The maximum absolute atomic E-state index is 12.8. The molecule has 0 bridgehead atoms. The molecule has 0 radical (unpaired) electrons. The summed E-state index contributed by atoms with van der Waals surface area (Å²) in [6, 6.07) is 6.69. The molecule has 0 aromatic heterocycles. The van der Waals surface area contributed by atoms with Crippen molar-refractivity contribution < 1.29 is 137 Å². The normalized spacial score (nSPS) is 19.4. The van der Waals surface area contributed by atoms with Crippen LogP contribution in [-0.2, 0) is 30.4 Å². The first-order valence-corrected chi connectivity index (χ1v) is 10.9. The maximum Gasteiger partial charge on any atom is 1.00 e. The fraction of sp³-hybridized carbons (Fsp3) is 0.381. The number of rotatable bonds is 9. The summed E-state index contributed by atoms with van der Waals surface area (Å²) in [7, 11) is 0. The first-order valence-electron chi connectivity index (χ1n) is 9.88. The molecule has 0 spiro atoms. The molecule has 1 fully saturated rings. The van der Waals surface area contributed by atoms with Crippen LogP contribution in [0.15, 0.2) is 41.6 Å². The second-order valence-electron chi connectivity index (χ2n) is 7.50. The molecule has 0 saturated carbocycles. The molecular weight excluding hydrogens is 517 g/mol. The number of carboxylic acid groups (broad SMARTS) is 2. The second kappa shape index (κ2) is 14.6. The molecule has 2 aliphatic heterocycles. The number of carbonyl (C=O) groups is 5. The molecule has 1 aromatic carbocycles. The quantitative estimate of drug-likeness (QED) is 0.232. The molecule has 2 N–H and O–H groups in total. The fourth-order valence-corrected chi connectivity index (χ4v) is 4.83.